The van der Waals surface area contributed by atoms with E-state index in [1.807, 2.05) is 0 Å². The molecule has 0 saturated carbocycles. The van der Waals surface area contributed by atoms with Crippen LogP contribution in [0.25, 0.3) is 0 Å². The van der Waals surface area contributed by atoms with Crippen LogP contribution in [-0.2, 0) is 6.54 Å². The van der Waals surface area contributed by atoms with Crippen LogP contribution >= 0.6 is 0 Å². The van der Waals surface area contributed by atoms with Crippen LogP contribution in [-0.4, -0.2) is 37.7 Å². The molecule has 0 heterocycles. The Kier molecular flexibility index (Phi) is 7.79. The molecule has 0 spiro atoms. The summed E-state index contributed by atoms with van der Waals surface area (Å²) < 4.78 is 91.1. The number of halogens is 6. The Hall–Kier alpha value is -3.11. The van der Waals surface area contributed by atoms with Gasteiger partial charge in [0.2, 0.25) is 0 Å². The summed E-state index contributed by atoms with van der Waals surface area (Å²) >= 11 is 0. The summed E-state index contributed by atoms with van der Waals surface area (Å²) in [7, 11) is 1.24. The first-order valence-corrected chi connectivity index (χ1v) is 8.52. The van der Waals surface area contributed by atoms with Crippen molar-refractivity contribution in [2.24, 2.45) is 0 Å². The van der Waals surface area contributed by atoms with Gasteiger partial charge in [-0.3, -0.25) is 4.79 Å². The van der Waals surface area contributed by atoms with Crippen molar-refractivity contribution in [1.82, 2.24) is 4.90 Å². The van der Waals surface area contributed by atoms with Gasteiger partial charge in [-0.2, -0.15) is 17.6 Å². The number of carbonyl (C=O) groups excluding carboxylic acids is 1. The van der Waals surface area contributed by atoms with Crippen molar-refractivity contribution in [2.45, 2.75) is 26.7 Å². The van der Waals surface area contributed by atoms with Crippen molar-refractivity contribution in [3.05, 3.63) is 53.1 Å². The third kappa shape index (κ3) is 5.94. The molecule has 0 fully saturated rings. The molecule has 0 unspecified atom stereocenters. The lowest BCUT2D eigenvalue weighted by atomic mass is 10.1. The zero-order valence-electron chi connectivity index (χ0n) is 15.8. The van der Waals surface area contributed by atoms with Crippen molar-refractivity contribution in [3.8, 4) is 17.2 Å². The highest BCUT2D eigenvalue weighted by atomic mass is 19.3. The minimum Gasteiger partial charge on any atom is -0.490 e. The van der Waals surface area contributed by atoms with Gasteiger partial charge in [-0.1, -0.05) is 6.07 Å². The molecular formula is C19H17F6NO4. The van der Waals surface area contributed by atoms with Gasteiger partial charge in [-0.25, -0.2) is 8.78 Å². The number of benzene rings is 2. The van der Waals surface area contributed by atoms with Crippen LogP contribution in [0.2, 0.25) is 0 Å². The summed E-state index contributed by atoms with van der Waals surface area (Å²) in [5.74, 6) is -4.80. The number of ether oxygens (including phenoxy) is 3. The number of amides is 1. The van der Waals surface area contributed by atoms with Gasteiger partial charge in [0.25, 0.3) is 5.91 Å². The Labute approximate surface area is 167 Å². The van der Waals surface area contributed by atoms with Crippen LogP contribution in [0.1, 0.15) is 22.8 Å². The van der Waals surface area contributed by atoms with Gasteiger partial charge < -0.3 is 19.1 Å². The van der Waals surface area contributed by atoms with Crippen LogP contribution in [0.5, 0.6) is 17.2 Å². The Bertz CT molecular complexity index is 870. The molecule has 0 bridgehead atoms. The summed E-state index contributed by atoms with van der Waals surface area (Å²) in [6.45, 7) is -4.74. The van der Waals surface area contributed by atoms with E-state index in [1.54, 1.807) is 6.92 Å². The van der Waals surface area contributed by atoms with Crippen molar-refractivity contribution in [2.75, 3.05) is 13.7 Å². The zero-order valence-corrected chi connectivity index (χ0v) is 15.8. The third-order valence-electron chi connectivity index (χ3n) is 3.75. The van der Waals surface area contributed by atoms with E-state index >= 15 is 0 Å². The second kappa shape index (κ2) is 10.1. The number of rotatable bonds is 9. The average molecular weight is 437 g/mol. The van der Waals surface area contributed by atoms with Crippen LogP contribution in [0.4, 0.5) is 26.3 Å². The molecule has 0 aromatic heterocycles. The van der Waals surface area contributed by atoms with Gasteiger partial charge in [0, 0.05) is 25.7 Å². The van der Waals surface area contributed by atoms with E-state index in [0.29, 0.717) is 17.7 Å². The molecule has 0 aliphatic carbocycles. The third-order valence-corrected chi connectivity index (χ3v) is 3.75. The molecule has 2 aromatic carbocycles. The predicted octanol–water partition coefficient (Wildman–Crippen LogP) is 4.84. The topological polar surface area (TPSA) is 48.0 Å². The minimum atomic E-state index is -3.29. The highest BCUT2D eigenvalue weighted by molar-refractivity contribution is 5.94. The molecule has 0 N–H and O–H groups in total. The SMILES string of the molecule is CCOc1cc(CN(C)C(=O)c2c(F)cc(OC(F)F)cc2F)ccc1OC(F)F. The van der Waals surface area contributed by atoms with Crippen LogP contribution in [0.3, 0.4) is 0 Å². The lowest BCUT2D eigenvalue weighted by Gasteiger charge is -2.20. The van der Waals surface area contributed by atoms with Gasteiger partial charge in [-0.15, -0.1) is 0 Å². The Balaban J connectivity index is 2.22. The maximum absolute atomic E-state index is 14.1. The largest absolute Gasteiger partial charge is 0.490 e. The van der Waals surface area contributed by atoms with Crippen LogP contribution < -0.4 is 14.2 Å². The maximum Gasteiger partial charge on any atom is 0.387 e. The number of carbonyl (C=O) groups is 1. The maximum atomic E-state index is 14.1. The summed E-state index contributed by atoms with van der Waals surface area (Å²) in [5.41, 5.74) is -0.559. The first-order valence-electron chi connectivity index (χ1n) is 8.52. The Morgan fingerprint density at radius 1 is 0.967 bits per heavy atom. The lowest BCUT2D eigenvalue weighted by molar-refractivity contribution is -0.0517. The van der Waals surface area contributed by atoms with E-state index in [9.17, 15) is 31.1 Å². The first-order chi connectivity index (χ1) is 14.1. The van der Waals surface area contributed by atoms with Gasteiger partial charge in [0.15, 0.2) is 11.5 Å². The van der Waals surface area contributed by atoms with E-state index in [2.05, 4.69) is 9.47 Å². The van der Waals surface area contributed by atoms with E-state index in [0.717, 1.165) is 4.90 Å². The van der Waals surface area contributed by atoms with Crippen molar-refractivity contribution in [1.29, 1.82) is 0 Å². The molecule has 1 amide bonds. The number of hydrogen-bond donors (Lipinski definition) is 0. The molecule has 0 aliphatic heterocycles. The van der Waals surface area contributed by atoms with Gasteiger partial charge in [-0.05, 0) is 24.6 Å². The number of hydrogen-bond acceptors (Lipinski definition) is 4. The monoisotopic (exact) mass is 437 g/mol. The fraction of sp³-hybridized carbons (Fsp3) is 0.316. The number of nitrogens with zero attached hydrogens (tertiary/aromatic N) is 1. The van der Waals surface area contributed by atoms with E-state index < -0.39 is 42.1 Å². The van der Waals surface area contributed by atoms with Gasteiger partial charge >= 0.3 is 13.2 Å². The molecule has 2 rings (SSSR count). The molecular weight excluding hydrogens is 420 g/mol. The molecule has 11 heteroatoms. The van der Waals surface area contributed by atoms with Crippen LogP contribution in [0.15, 0.2) is 30.3 Å². The van der Waals surface area contributed by atoms with E-state index in [-0.39, 0.29) is 24.7 Å². The Morgan fingerprint density at radius 3 is 2.10 bits per heavy atom. The highest BCUT2D eigenvalue weighted by Gasteiger charge is 2.24. The van der Waals surface area contributed by atoms with Crippen LogP contribution in [0, 0.1) is 11.6 Å². The predicted molar refractivity (Wildman–Crippen MR) is 93.0 cm³/mol. The Morgan fingerprint density at radius 2 is 1.57 bits per heavy atom. The quantitative estimate of drug-likeness (QED) is 0.527. The molecule has 30 heavy (non-hydrogen) atoms. The second-order valence-corrected chi connectivity index (χ2v) is 5.89. The molecule has 2 aromatic rings. The minimum absolute atomic E-state index is 0.00186. The fourth-order valence-electron chi connectivity index (χ4n) is 2.57. The smallest absolute Gasteiger partial charge is 0.387 e. The summed E-state index contributed by atoms with van der Waals surface area (Å²) in [5, 5.41) is 0. The zero-order chi connectivity index (χ0) is 22.4. The second-order valence-electron chi connectivity index (χ2n) is 5.89. The molecule has 0 aliphatic rings. The van der Waals surface area contributed by atoms with Gasteiger partial charge in [0.05, 0.1) is 6.61 Å². The normalized spacial score (nSPS) is 11.0. The average Bonchev–Trinajstić information content (AvgIpc) is 2.62. The molecule has 0 radical (unpaired) electrons. The summed E-state index contributed by atoms with van der Waals surface area (Å²) in [4.78, 5) is 13.4. The standard InChI is InChI=1S/C19H17F6NO4/c1-3-28-15-6-10(4-5-14(15)30-19(24)25)9-26(2)17(27)16-12(20)7-11(8-13(16)21)29-18(22)23/h4-8,18-19H,3,9H2,1-2H3. The van der Waals surface area contributed by atoms with Gasteiger partial charge in [0.1, 0.15) is 22.9 Å². The van der Waals surface area contributed by atoms with Crippen molar-refractivity contribution in [3.63, 3.8) is 0 Å². The van der Waals surface area contributed by atoms with E-state index in [1.165, 1.54) is 25.2 Å². The first kappa shape index (κ1) is 23.2. The summed E-state index contributed by atoms with van der Waals surface area (Å²) in [6, 6.07) is 4.87. The van der Waals surface area contributed by atoms with Crippen molar-refractivity contribution < 1.29 is 45.3 Å². The molecule has 0 saturated heterocycles. The highest BCUT2D eigenvalue weighted by Crippen LogP contribution is 2.30. The molecule has 164 valence electrons. The number of alkyl halides is 4. The van der Waals surface area contributed by atoms with E-state index in [4.69, 9.17) is 4.74 Å². The molecule has 0 atom stereocenters. The van der Waals surface area contributed by atoms with Crippen molar-refractivity contribution >= 4 is 5.91 Å². The lowest BCUT2D eigenvalue weighted by Crippen LogP contribution is -2.28. The summed E-state index contributed by atoms with van der Waals surface area (Å²) in [6.07, 6.45) is 0. The molecule has 5 nitrogen and oxygen atoms in total. The fourth-order valence-corrected chi connectivity index (χ4v) is 2.57.